The standard InChI is InChI=1S/C14H20BrNO2/c1-18-14-8-7-10(9-11(14)15)16-12-5-3-2-4-6-13(12)17/h7-9,12-13,16-17H,2-6H2,1H3. The summed E-state index contributed by atoms with van der Waals surface area (Å²) in [5.74, 6) is 0.821. The highest BCUT2D eigenvalue weighted by Gasteiger charge is 2.21. The molecule has 1 fully saturated rings. The molecular weight excluding hydrogens is 294 g/mol. The number of nitrogens with one attached hydrogen (secondary N) is 1. The van der Waals surface area contributed by atoms with Crippen molar-refractivity contribution in [3.05, 3.63) is 22.7 Å². The average molecular weight is 314 g/mol. The van der Waals surface area contributed by atoms with Crippen molar-refractivity contribution in [3.63, 3.8) is 0 Å². The summed E-state index contributed by atoms with van der Waals surface area (Å²) in [7, 11) is 1.66. The van der Waals surface area contributed by atoms with Crippen LogP contribution in [0.3, 0.4) is 0 Å². The number of methoxy groups -OCH3 is 1. The lowest BCUT2D eigenvalue weighted by Crippen LogP contribution is -2.32. The minimum Gasteiger partial charge on any atom is -0.496 e. The number of rotatable bonds is 3. The summed E-state index contributed by atoms with van der Waals surface area (Å²) in [6.45, 7) is 0. The van der Waals surface area contributed by atoms with Crippen molar-refractivity contribution < 1.29 is 9.84 Å². The molecule has 2 N–H and O–H groups in total. The Bertz CT molecular complexity index is 397. The van der Waals surface area contributed by atoms with E-state index in [0.29, 0.717) is 0 Å². The van der Waals surface area contributed by atoms with E-state index in [0.717, 1.165) is 35.2 Å². The molecule has 2 unspecified atom stereocenters. The van der Waals surface area contributed by atoms with Gasteiger partial charge in [-0.05, 0) is 47.0 Å². The first-order valence-electron chi connectivity index (χ1n) is 6.49. The number of aliphatic hydroxyl groups is 1. The van der Waals surface area contributed by atoms with E-state index in [1.165, 1.54) is 12.8 Å². The molecule has 18 heavy (non-hydrogen) atoms. The van der Waals surface area contributed by atoms with Crippen LogP contribution < -0.4 is 10.1 Å². The molecule has 0 amide bonds. The second kappa shape index (κ2) is 6.43. The number of aliphatic hydroxyl groups excluding tert-OH is 1. The lowest BCUT2D eigenvalue weighted by atomic mass is 10.1. The summed E-state index contributed by atoms with van der Waals surface area (Å²) in [6, 6.07) is 6.07. The van der Waals surface area contributed by atoms with Crippen molar-refractivity contribution in [1.29, 1.82) is 0 Å². The molecular formula is C14H20BrNO2. The highest BCUT2D eigenvalue weighted by Crippen LogP contribution is 2.29. The minimum atomic E-state index is -0.242. The van der Waals surface area contributed by atoms with Crippen LogP contribution in [0.25, 0.3) is 0 Å². The molecule has 0 radical (unpaired) electrons. The molecule has 2 atom stereocenters. The normalized spacial score (nSPS) is 24.4. The molecule has 1 aliphatic rings. The number of hydrogen-bond acceptors (Lipinski definition) is 3. The van der Waals surface area contributed by atoms with Crippen molar-refractivity contribution in [2.75, 3.05) is 12.4 Å². The van der Waals surface area contributed by atoms with Crippen molar-refractivity contribution in [2.24, 2.45) is 0 Å². The molecule has 0 bridgehead atoms. The fourth-order valence-electron chi connectivity index (χ4n) is 2.43. The maximum atomic E-state index is 10.1. The molecule has 2 rings (SSSR count). The Morgan fingerprint density at radius 3 is 2.78 bits per heavy atom. The Morgan fingerprint density at radius 1 is 1.28 bits per heavy atom. The molecule has 1 aliphatic carbocycles. The molecule has 100 valence electrons. The van der Waals surface area contributed by atoms with Crippen LogP contribution in [0, 0.1) is 0 Å². The molecule has 0 aliphatic heterocycles. The van der Waals surface area contributed by atoms with Gasteiger partial charge in [-0.15, -0.1) is 0 Å². The molecule has 4 heteroatoms. The third kappa shape index (κ3) is 3.39. The van der Waals surface area contributed by atoms with Gasteiger partial charge in [0.05, 0.1) is 23.7 Å². The van der Waals surface area contributed by atoms with E-state index < -0.39 is 0 Å². The maximum absolute atomic E-state index is 10.1. The Hall–Kier alpha value is -0.740. The zero-order valence-corrected chi connectivity index (χ0v) is 12.2. The predicted molar refractivity (Wildman–Crippen MR) is 77.2 cm³/mol. The Balaban J connectivity index is 2.05. The summed E-state index contributed by atoms with van der Waals surface area (Å²) in [4.78, 5) is 0. The summed E-state index contributed by atoms with van der Waals surface area (Å²) in [6.07, 6.45) is 5.23. The second-order valence-corrected chi connectivity index (χ2v) is 5.66. The highest BCUT2D eigenvalue weighted by atomic mass is 79.9. The van der Waals surface area contributed by atoms with E-state index in [9.17, 15) is 5.11 Å². The number of ether oxygens (including phenoxy) is 1. The zero-order valence-electron chi connectivity index (χ0n) is 10.7. The quantitative estimate of drug-likeness (QED) is 0.838. The monoisotopic (exact) mass is 313 g/mol. The Morgan fingerprint density at radius 2 is 2.06 bits per heavy atom. The van der Waals surface area contributed by atoms with Gasteiger partial charge in [-0.1, -0.05) is 19.3 Å². The zero-order chi connectivity index (χ0) is 13.0. The maximum Gasteiger partial charge on any atom is 0.133 e. The summed E-state index contributed by atoms with van der Waals surface area (Å²) in [5, 5.41) is 13.5. The fourth-order valence-corrected chi connectivity index (χ4v) is 2.97. The number of halogens is 1. The molecule has 0 spiro atoms. The Labute approximate surface area is 117 Å². The SMILES string of the molecule is COc1ccc(NC2CCCCCC2O)cc1Br. The molecule has 0 aromatic heterocycles. The van der Waals surface area contributed by atoms with Gasteiger partial charge in [-0.3, -0.25) is 0 Å². The largest absolute Gasteiger partial charge is 0.496 e. The second-order valence-electron chi connectivity index (χ2n) is 4.81. The third-order valence-electron chi connectivity index (χ3n) is 3.48. The Kier molecular flexibility index (Phi) is 4.89. The summed E-state index contributed by atoms with van der Waals surface area (Å²) < 4.78 is 6.14. The number of benzene rings is 1. The number of hydrogen-bond donors (Lipinski definition) is 2. The minimum absolute atomic E-state index is 0.160. The van der Waals surface area contributed by atoms with E-state index in [4.69, 9.17) is 4.74 Å². The first-order valence-corrected chi connectivity index (χ1v) is 7.28. The van der Waals surface area contributed by atoms with Crippen LogP contribution >= 0.6 is 15.9 Å². The first kappa shape index (κ1) is 13.7. The van der Waals surface area contributed by atoms with Gasteiger partial charge in [-0.2, -0.15) is 0 Å². The van der Waals surface area contributed by atoms with Crippen LogP contribution in [0.1, 0.15) is 32.1 Å². The lowest BCUT2D eigenvalue weighted by Gasteiger charge is -2.23. The number of anilines is 1. The van der Waals surface area contributed by atoms with Gasteiger partial charge in [-0.25, -0.2) is 0 Å². The van der Waals surface area contributed by atoms with Gasteiger partial charge in [0.1, 0.15) is 5.75 Å². The van der Waals surface area contributed by atoms with Gasteiger partial charge in [0.15, 0.2) is 0 Å². The van der Waals surface area contributed by atoms with Crippen LogP contribution in [-0.2, 0) is 0 Å². The van der Waals surface area contributed by atoms with Crippen molar-refractivity contribution >= 4 is 21.6 Å². The highest BCUT2D eigenvalue weighted by molar-refractivity contribution is 9.10. The van der Waals surface area contributed by atoms with E-state index in [1.54, 1.807) is 7.11 Å². The van der Waals surface area contributed by atoms with E-state index >= 15 is 0 Å². The van der Waals surface area contributed by atoms with E-state index in [-0.39, 0.29) is 12.1 Å². The van der Waals surface area contributed by atoms with Crippen LogP contribution in [0.15, 0.2) is 22.7 Å². The van der Waals surface area contributed by atoms with Crippen LogP contribution in [0.5, 0.6) is 5.75 Å². The lowest BCUT2D eigenvalue weighted by molar-refractivity contribution is 0.144. The predicted octanol–water partition coefficient (Wildman–Crippen LogP) is 3.56. The molecule has 3 nitrogen and oxygen atoms in total. The smallest absolute Gasteiger partial charge is 0.133 e. The molecule has 0 saturated heterocycles. The summed E-state index contributed by atoms with van der Waals surface area (Å²) in [5.41, 5.74) is 1.02. The van der Waals surface area contributed by atoms with Crippen LogP contribution in [0.2, 0.25) is 0 Å². The summed E-state index contributed by atoms with van der Waals surface area (Å²) >= 11 is 3.48. The topological polar surface area (TPSA) is 41.5 Å². The van der Waals surface area contributed by atoms with Crippen molar-refractivity contribution in [1.82, 2.24) is 0 Å². The van der Waals surface area contributed by atoms with Gasteiger partial charge >= 0.3 is 0 Å². The van der Waals surface area contributed by atoms with Crippen molar-refractivity contribution in [3.8, 4) is 5.75 Å². The van der Waals surface area contributed by atoms with Gasteiger partial charge in [0.25, 0.3) is 0 Å². The average Bonchev–Trinajstić information content (AvgIpc) is 2.55. The van der Waals surface area contributed by atoms with E-state index in [1.807, 2.05) is 18.2 Å². The molecule has 1 saturated carbocycles. The molecule has 1 aromatic carbocycles. The first-order chi connectivity index (χ1) is 8.70. The van der Waals surface area contributed by atoms with Gasteiger partial charge in [0.2, 0.25) is 0 Å². The molecule has 0 heterocycles. The third-order valence-corrected chi connectivity index (χ3v) is 4.10. The van der Waals surface area contributed by atoms with Crippen LogP contribution in [0.4, 0.5) is 5.69 Å². The van der Waals surface area contributed by atoms with Gasteiger partial charge in [0, 0.05) is 5.69 Å². The van der Waals surface area contributed by atoms with Crippen LogP contribution in [-0.4, -0.2) is 24.4 Å². The molecule has 1 aromatic rings. The fraction of sp³-hybridized carbons (Fsp3) is 0.571. The van der Waals surface area contributed by atoms with Gasteiger partial charge < -0.3 is 15.2 Å². The van der Waals surface area contributed by atoms with Crippen molar-refractivity contribution in [2.45, 2.75) is 44.2 Å². The van der Waals surface area contributed by atoms with E-state index in [2.05, 4.69) is 21.2 Å².